The minimum atomic E-state index is -0.374. The van der Waals surface area contributed by atoms with Crippen LogP contribution in [0.4, 0.5) is 11.4 Å². The molecule has 1 unspecified atom stereocenters. The minimum absolute atomic E-state index is 0.0321. The van der Waals surface area contributed by atoms with Gasteiger partial charge < -0.3 is 4.90 Å². The van der Waals surface area contributed by atoms with Gasteiger partial charge in [0.1, 0.15) is 6.17 Å². The highest BCUT2D eigenvalue weighted by Gasteiger charge is 2.34. The zero-order chi connectivity index (χ0) is 19.5. The van der Waals surface area contributed by atoms with E-state index in [0.29, 0.717) is 0 Å². The average Bonchev–Trinajstić information content (AvgIpc) is 3.12. The fraction of sp³-hybridized carbons (Fsp3) is 0.182. The summed E-state index contributed by atoms with van der Waals surface area (Å²) in [6.07, 6.45) is -0.0321. The van der Waals surface area contributed by atoms with Gasteiger partial charge in [-0.25, -0.2) is 0 Å². The molecular formula is C22H20ClN3O2. The lowest BCUT2D eigenvalue weighted by atomic mass is 10.1. The van der Waals surface area contributed by atoms with Crippen LogP contribution in [0, 0.1) is 10.1 Å². The van der Waals surface area contributed by atoms with Gasteiger partial charge >= 0.3 is 0 Å². The van der Waals surface area contributed by atoms with Crippen molar-refractivity contribution in [3.63, 3.8) is 0 Å². The van der Waals surface area contributed by atoms with E-state index in [0.717, 1.165) is 35.9 Å². The molecule has 1 atom stereocenters. The van der Waals surface area contributed by atoms with Gasteiger partial charge in [-0.2, -0.15) is 0 Å². The summed E-state index contributed by atoms with van der Waals surface area (Å²) in [7, 11) is 0. The summed E-state index contributed by atoms with van der Waals surface area (Å²) in [6, 6.07) is 25.0. The molecule has 0 aromatic heterocycles. The molecule has 6 heteroatoms. The van der Waals surface area contributed by atoms with Crippen molar-refractivity contribution in [2.75, 3.05) is 18.0 Å². The maximum atomic E-state index is 11.0. The van der Waals surface area contributed by atoms with Crippen LogP contribution in [-0.4, -0.2) is 22.9 Å². The molecule has 1 aliphatic rings. The van der Waals surface area contributed by atoms with Crippen molar-refractivity contribution < 1.29 is 4.92 Å². The van der Waals surface area contributed by atoms with Gasteiger partial charge in [0.2, 0.25) is 0 Å². The monoisotopic (exact) mass is 393 g/mol. The molecule has 0 spiro atoms. The third-order valence-electron chi connectivity index (χ3n) is 5.07. The number of halogens is 1. The molecule has 1 heterocycles. The highest BCUT2D eigenvalue weighted by atomic mass is 35.5. The summed E-state index contributed by atoms with van der Waals surface area (Å²) in [4.78, 5) is 15.3. The Bertz CT molecular complexity index is 963. The summed E-state index contributed by atoms with van der Waals surface area (Å²) < 4.78 is 0. The van der Waals surface area contributed by atoms with Gasteiger partial charge in [0, 0.05) is 48.0 Å². The molecule has 1 saturated heterocycles. The number of hydrogen-bond acceptors (Lipinski definition) is 4. The Hall–Kier alpha value is -2.89. The highest BCUT2D eigenvalue weighted by molar-refractivity contribution is 6.31. The van der Waals surface area contributed by atoms with E-state index in [2.05, 4.69) is 28.0 Å². The SMILES string of the molecule is O=[N+]([O-])c1ccc(N2CCN(Cc3ccccc3)C2c2ccccc2Cl)cc1. The van der Waals surface area contributed by atoms with Crippen LogP contribution in [0.15, 0.2) is 78.9 Å². The third kappa shape index (κ3) is 3.72. The smallest absolute Gasteiger partial charge is 0.269 e. The zero-order valence-electron chi connectivity index (χ0n) is 15.2. The van der Waals surface area contributed by atoms with E-state index in [-0.39, 0.29) is 16.8 Å². The number of anilines is 1. The van der Waals surface area contributed by atoms with Crippen molar-refractivity contribution in [1.29, 1.82) is 0 Å². The van der Waals surface area contributed by atoms with E-state index < -0.39 is 0 Å². The molecule has 0 N–H and O–H groups in total. The Morgan fingerprint density at radius 3 is 2.29 bits per heavy atom. The second kappa shape index (κ2) is 8.00. The number of nitro benzene ring substituents is 1. The molecule has 5 nitrogen and oxygen atoms in total. The molecule has 3 aromatic carbocycles. The van der Waals surface area contributed by atoms with Crippen LogP contribution in [0.3, 0.4) is 0 Å². The first-order valence-electron chi connectivity index (χ1n) is 9.17. The normalized spacial score (nSPS) is 17.0. The van der Waals surface area contributed by atoms with Crippen molar-refractivity contribution in [2.24, 2.45) is 0 Å². The Morgan fingerprint density at radius 2 is 1.61 bits per heavy atom. The lowest BCUT2D eigenvalue weighted by Gasteiger charge is -2.32. The van der Waals surface area contributed by atoms with Gasteiger partial charge in [-0.1, -0.05) is 60.1 Å². The first-order valence-corrected chi connectivity index (χ1v) is 9.55. The molecule has 0 bridgehead atoms. The predicted molar refractivity (Wildman–Crippen MR) is 111 cm³/mol. The van der Waals surface area contributed by atoms with Crippen LogP contribution in [0.1, 0.15) is 17.3 Å². The Labute approximate surface area is 168 Å². The fourth-order valence-electron chi connectivity index (χ4n) is 3.75. The quantitative estimate of drug-likeness (QED) is 0.437. The topological polar surface area (TPSA) is 49.6 Å². The van der Waals surface area contributed by atoms with Gasteiger partial charge in [-0.05, 0) is 23.8 Å². The van der Waals surface area contributed by atoms with Gasteiger partial charge in [-0.15, -0.1) is 0 Å². The van der Waals surface area contributed by atoms with Crippen LogP contribution >= 0.6 is 11.6 Å². The maximum Gasteiger partial charge on any atom is 0.269 e. The van der Waals surface area contributed by atoms with Crippen molar-refractivity contribution >= 4 is 23.0 Å². The predicted octanol–water partition coefficient (Wildman–Crippen LogP) is 5.27. The van der Waals surface area contributed by atoms with Crippen molar-refractivity contribution in [2.45, 2.75) is 12.7 Å². The molecule has 0 saturated carbocycles. The Kier molecular flexibility index (Phi) is 5.28. The van der Waals surface area contributed by atoms with E-state index >= 15 is 0 Å². The number of hydrogen-bond donors (Lipinski definition) is 0. The highest BCUT2D eigenvalue weighted by Crippen LogP contribution is 2.38. The van der Waals surface area contributed by atoms with Crippen LogP contribution in [-0.2, 0) is 6.54 Å². The number of benzene rings is 3. The number of non-ortho nitro benzene ring substituents is 1. The molecule has 0 aliphatic carbocycles. The van der Waals surface area contributed by atoms with E-state index in [9.17, 15) is 10.1 Å². The van der Waals surface area contributed by atoms with Crippen molar-refractivity contribution in [1.82, 2.24) is 4.90 Å². The van der Waals surface area contributed by atoms with Crippen LogP contribution in [0.25, 0.3) is 0 Å². The van der Waals surface area contributed by atoms with E-state index in [4.69, 9.17) is 11.6 Å². The molecule has 1 fully saturated rings. The number of rotatable bonds is 5. The number of nitro groups is 1. The largest absolute Gasteiger partial charge is 0.350 e. The van der Waals surface area contributed by atoms with Gasteiger partial charge in [0.15, 0.2) is 0 Å². The summed E-state index contributed by atoms with van der Waals surface area (Å²) in [5.41, 5.74) is 3.32. The second-order valence-corrected chi connectivity index (χ2v) is 7.23. The second-order valence-electron chi connectivity index (χ2n) is 6.82. The first kappa shape index (κ1) is 18.5. The number of nitrogens with zero attached hydrogens (tertiary/aromatic N) is 3. The average molecular weight is 394 g/mol. The summed E-state index contributed by atoms with van der Waals surface area (Å²) in [5.74, 6) is 0. The molecule has 4 rings (SSSR count). The van der Waals surface area contributed by atoms with Crippen molar-refractivity contribution in [3.8, 4) is 0 Å². The van der Waals surface area contributed by atoms with E-state index in [1.54, 1.807) is 12.1 Å². The van der Waals surface area contributed by atoms with Crippen LogP contribution in [0.5, 0.6) is 0 Å². The molecular weight excluding hydrogens is 374 g/mol. The molecule has 28 heavy (non-hydrogen) atoms. The minimum Gasteiger partial charge on any atom is -0.350 e. The molecule has 0 amide bonds. The molecule has 1 aliphatic heterocycles. The van der Waals surface area contributed by atoms with Gasteiger partial charge in [0.05, 0.1) is 4.92 Å². The van der Waals surface area contributed by atoms with Crippen molar-refractivity contribution in [3.05, 3.63) is 105 Å². The summed E-state index contributed by atoms with van der Waals surface area (Å²) >= 11 is 6.55. The van der Waals surface area contributed by atoms with E-state index in [1.165, 1.54) is 5.56 Å². The molecule has 142 valence electrons. The summed E-state index contributed by atoms with van der Waals surface area (Å²) in [5, 5.41) is 11.7. The lowest BCUT2D eigenvalue weighted by molar-refractivity contribution is -0.384. The fourth-order valence-corrected chi connectivity index (χ4v) is 3.98. The Balaban J connectivity index is 1.69. The van der Waals surface area contributed by atoms with Crippen LogP contribution in [0.2, 0.25) is 5.02 Å². The molecule has 3 aromatic rings. The van der Waals surface area contributed by atoms with E-state index in [1.807, 2.05) is 48.5 Å². The zero-order valence-corrected chi connectivity index (χ0v) is 16.0. The lowest BCUT2D eigenvalue weighted by Crippen LogP contribution is -2.31. The van der Waals surface area contributed by atoms with Gasteiger partial charge in [-0.3, -0.25) is 15.0 Å². The maximum absolute atomic E-state index is 11.0. The van der Waals surface area contributed by atoms with Crippen LogP contribution < -0.4 is 4.90 Å². The Morgan fingerprint density at radius 1 is 0.929 bits per heavy atom. The first-order chi connectivity index (χ1) is 13.6. The van der Waals surface area contributed by atoms with Gasteiger partial charge in [0.25, 0.3) is 5.69 Å². The third-order valence-corrected chi connectivity index (χ3v) is 5.42. The molecule has 0 radical (unpaired) electrons. The standard InChI is InChI=1S/C22H20ClN3O2/c23-21-9-5-4-8-20(21)22-24(16-17-6-2-1-3-7-17)14-15-25(22)18-10-12-19(13-11-18)26(27)28/h1-13,22H,14-16H2. The summed E-state index contributed by atoms with van der Waals surface area (Å²) in [6.45, 7) is 2.50.